The normalized spacial score (nSPS) is 17.5. The van der Waals surface area contributed by atoms with Gasteiger partial charge in [0.1, 0.15) is 35.7 Å². The van der Waals surface area contributed by atoms with Crippen LogP contribution in [-0.2, 0) is 25.6 Å². The van der Waals surface area contributed by atoms with Gasteiger partial charge >= 0.3 is 11.9 Å². The molecule has 292 valence electrons. The summed E-state index contributed by atoms with van der Waals surface area (Å²) in [6, 6.07) is -2.15. The van der Waals surface area contributed by atoms with Crippen LogP contribution in [0.4, 0.5) is 0 Å². The van der Waals surface area contributed by atoms with E-state index in [-0.39, 0.29) is 24.2 Å². The lowest BCUT2D eigenvalue weighted by Gasteiger charge is -2.38. The molecule has 0 saturated heterocycles. The maximum atomic E-state index is 11.5. The minimum Gasteiger partial charge on any atom is -0.507 e. The molecular formula is C39H67N3O8S. The molecule has 1 heterocycles. The van der Waals surface area contributed by atoms with Crippen molar-refractivity contribution in [3.8, 4) is 11.5 Å². The summed E-state index contributed by atoms with van der Waals surface area (Å²) < 4.78 is 6.60. The number of phenolic OH excluding ortho intramolecular Hbond substituents is 1. The van der Waals surface area contributed by atoms with Crippen LogP contribution in [0.2, 0.25) is 0 Å². The number of fused-ring (bicyclic) bond motifs is 1. The molecule has 7 N–H and O–H groups in total. The van der Waals surface area contributed by atoms with Crippen LogP contribution in [0.25, 0.3) is 0 Å². The molecule has 1 aliphatic heterocycles. The molecule has 0 radical (unpaired) electrons. The maximum absolute atomic E-state index is 11.5. The summed E-state index contributed by atoms with van der Waals surface area (Å²) in [5.41, 5.74) is 9.46. The highest BCUT2D eigenvalue weighted by Gasteiger charge is 2.34. The zero-order valence-electron chi connectivity index (χ0n) is 32.4. The van der Waals surface area contributed by atoms with Gasteiger partial charge in [-0.05, 0) is 94.2 Å². The molecule has 0 spiro atoms. The Morgan fingerprint density at radius 3 is 1.98 bits per heavy atom. The second kappa shape index (κ2) is 22.8. The number of rotatable bonds is 21. The largest absolute Gasteiger partial charge is 0.507 e. The van der Waals surface area contributed by atoms with Crippen LogP contribution in [0.5, 0.6) is 11.5 Å². The standard InChI is InChI=1S/C29H50O2.C10H17N3O6S/c1-20(2)12-9-13-21(3)14-10-15-22(4)16-11-18-29(8)19-17-26-25(7)27(30)23(5)24(6)28(26)31-29;11-5(10(18)19)1-2-7(14)13-6(4-20)9(17)12-3-8(15)16/h20-22,30H,9-19H2,1-8H3;5-6,20H,1-4,11H2,(H,12,17)(H,13,14)(H,15,16)(H,18,19)/t21-,22-,29-;5-,6-/m10/s1. The van der Waals surface area contributed by atoms with E-state index in [4.69, 9.17) is 20.7 Å². The number of hydrogen-bond donors (Lipinski definition) is 7. The number of aromatic hydroxyl groups is 1. The van der Waals surface area contributed by atoms with Crippen LogP contribution >= 0.6 is 12.6 Å². The molecular weight excluding hydrogens is 671 g/mol. The Kier molecular flexibility index (Phi) is 20.6. The molecule has 0 bridgehead atoms. The van der Waals surface area contributed by atoms with Crippen LogP contribution < -0.4 is 21.1 Å². The first-order chi connectivity index (χ1) is 23.8. The summed E-state index contributed by atoms with van der Waals surface area (Å²) in [4.78, 5) is 43.7. The first-order valence-corrected chi connectivity index (χ1v) is 19.3. The van der Waals surface area contributed by atoms with Gasteiger partial charge in [0, 0.05) is 17.7 Å². The van der Waals surface area contributed by atoms with E-state index < -0.39 is 42.4 Å². The fourth-order valence-corrected chi connectivity index (χ4v) is 6.69. The van der Waals surface area contributed by atoms with E-state index in [1.54, 1.807) is 0 Å². The number of carbonyl (C=O) groups excluding carboxylic acids is 2. The van der Waals surface area contributed by atoms with E-state index in [0.717, 1.165) is 59.5 Å². The van der Waals surface area contributed by atoms with E-state index in [0.29, 0.717) is 5.75 Å². The van der Waals surface area contributed by atoms with Gasteiger partial charge in [0.15, 0.2) is 0 Å². The van der Waals surface area contributed by atoms with E-state index >= 15 is 0 Å². The Bertz CT molecular complexity index is 1290. The molecule has 0 unspecified atom stereocenters. The Morgan fingerprint density at radius 2 is 1.45 bits per heavy atom. The third-order valence-corrected chi connectivity index (χ3v) is 10.5. The van der Waals surface area contributed by atoms with Crippen molar-refractivity contribution >= 4 is 36.4 Å². The van der Waals surface area contributed by atoms with Gasteiger partial charge < -0.3 is 36.4 Å². The fourth-order valence-electron chi connectivity index (χ4n) is 6.43. The van der Waals surface area contributed by atoms with Crippen LogP contribution in [0.15, 0.2) is 0 Å². The van der Waals surface area contributed by atoms with Crippen molar-refractivity contribution in [2.45, 2.75) is 157 Å². The third kappa shape index (κ3) is 16.9. The number of ether oxygens (including phenoxy) is 1. The van der Waals surface area contributed by atoms with E-state index in [9.17, 15) is 24.3 Å². The Hall–Kier alpha value is -2.99. The van der Waals surface area contributed by atoms with Gasteiger partial charge in [-0.3, -0.25) is 19.2 Å². The number of phenols is 1. The molecule has 1 aliphatic rings. The lowest BCUT2D eigenvalue weighted by molar-refractivity contribution is -0.139. The van der Waals surface area contributed by atoms with Gasteiger partial charge in [0.05, 0.1) is 0 Å². The number of carbonyl (C=O) groups is 4. The number of amides is 2. The molecule has 0 fully saturated rings. The quantitative estimate of drug-likeness (QED) is 0.0679. The monoisotopic (exact) mass is 737 g/mol. The van der Waals surface area contributed by atoms with E-state index in [1.807, 2.05) is 13.8 Å². The van der Waals surface area contributed by atoms with Crippen LogP contribution in [0.1, 0.15) is 134 Å². The molecule has 5 atom stereocenters. The van der Waals surface area contributed by atoms with Gasteiger partial charge in [-0.25, -0.2) is 0 Å². The highest BCUT2D eigenvalue weighted by atomic mass is 32.1. The molecule has 2 rings (SSSR count). The minimum absolute atomic E-state index is 0.0256. The molecule has 51 heavy (non-hydrogen) atoms. The fraction of sp³-hybridized carbons (Fsp3) is 0.744. The third-order valence-electron chi connectivity index (χ3n) is 10.1. The summed E-state index contributed by atoms with van der Waals surface area (Å²) in [6.07, 6.45) is 13.8. The number of aliphatic carboxylic acids is 2. The van der Waals surface area contributed by atoms with Crippen molar-refractivity contribution < 1.29 is 39.2 Å². The number of thiol groups is 1. The number of carboxylic acid groups (broad SMARTS) is 2. The Labute approximate surface area is 311 Å². The molecule has 1 aromatic carbocycles. The number of nitrogens with two attached hydrogens (primary N) is 1. The predicted molar refractivity (Wildman–Crippen MR) is 206 cm³/mol. The van der Waals surface area contributed by atoms with Gasteiger partial charge in [-0.1, -0.05) is 72.6 Å². The first kappa shape index (κ1) is 46.0. The second-order valence-electron chi connectivity index (χ2n) is 15.3. The molecule has 11 nitrogen and oxygen atoms in total. The second-order valence-corrected chi connectivity index (χ2v) is 15.7. The summed E-state index contributed by atoms with van der Waals surface area (Å²) in [5.74, 6) is 0.331. The Balaban J connectivity index is 0.000000564. The zero-order chi connectivity index (χ0) is 38.9. The summed E-state index contributed by atoms with van der Waals surface area (Å²) in [6.45, 7) is 17.4. The topological polar surface area (TPSA) is 188 Å². The lowest BCUT2D eigenvalue weighted by atomic mass is 9.84. The van der Waals surface area contributed by atoms with Crippen molar-refractivity contribution in [3.63, 3.8) is 0 Å². The van der Waals surface area contributed by atoms with Gasteiger partial charge in [0.25, 0.3) is 0 Å². The average molecular weight is 738 g/mol. The van der Waals surface area contributed by atoms with Crippen LogP contribution in [-0.4, -0.2) is 69.1 Å². The molecule has 12 heteroatoms. The summed E-state index contributed by atoms with van der Waals surface area (Å²) in [5, 5.41) is 31.8. The molecule has 0 aromatic heterocycles. The lowest BCUT2D eigenvalue weighted by Crippen LogP contribution is -2.49. The Morgan fingerprint density at radius 1 is 0.882 bits per heavy atom. The van der Waals surface area contributed by atoms with Gasteiger partial charge in [-0.15, -0.1) is 0 Å². The van der Waals surface area contributed by atoms with Gasteiger partial charge in [0.2, 0.25) is 11.8 Å². The van der Waals surface area contributed by atoms with E-state index in [1.165, 1.54) is 56.9 Å². The summed E-state index contributed by atoms with van der Waals surface area (Å²) in [7, 11) is 0. The van der Waals surface area contributed by atoms with Crippen molar-refractivity contribution in [2.75, 3.05) is 12.3 Å². The van der Waals surface area contributed by atoms with Crippen LogP contribution in [0.3, 0.4) is 0 Å². The van der Waals surface area contributed by atoms with E-state index in [2.05, 4.69) is 64.8 Å². The van der Waals surface area contributed by atoms with Crippen molar-refractivity contribution in [2.24, 2.45) is 23.5 Å². The number of nitrogens with one attached hydrogen (secondary N) is 2. The number of carboxylic acids is 2. The first-order valence-electron chi connectivity index (χ1n) is 18.7. The summed E-state index contributed by atoms with van der Waals surface area (Å²) >= 11 is 3.87. The van der Waals surface area contributed by atoms with Crippen molar-refractivity contribution in [1.29, 1.82) is 0 Å². The number of hydrogen-bond acceptors (Lipinski definition) is 8. The predicted octanol–water partition coefficient (Wildman–Crippen LogP) is 6.63. The number of benzene rings is 1. The van der Waals surface area contributed by atoms with Gasteiger partial charge in [-0.2, -0.15) is 12.6 Å². The molecule has 1 aromatic rings. The average Bonchev–Trinajstić information content (AvgIpc) is 3.06. The maximum Gasteiger partial charge on any atom is 0.322 e. The van der Waals surface area contributed by atoms with Crippen molar-refractivity contribution in [3.05, 3.63) is 22.3 Å². The minimum atomic E-state index is -1.22. The zero-order valence-corrected chi connectivity index (χ0v) is 33.3. The molecule has 0 saturated carbocycles. The smallest absolute Gasteiger partial charge is 0.322 e. The SMILES string of the molecule is Cc1c(C)c2c(c(C)c1O)CC[C@@](C)(CCC[C@H](C)CCC[C@H](C)CCCC(C)C)O2.N[C@@H](CCC(=O)N[C@@H](CS)C(=O)NCC(=O)O)C(=O)O. The molecule has 2 amide bonds. The highest BCUT2D eigenvalue weighted by Crippen LogP contribution is 2.44. The van der Waals surface area contributed by atoms with Crippen molar-refractivity contribution in [1.82, 2.24) is 10.6 Å². The highest BCUT2D eigenvalue weighted by molar-refractivity contribution is 7.80. The van der Waals surface area contributed by atoms with Crippen LogP contribution in [0, 0.1) is 38.5 Å². The molecule has 0 aliphatic carbocycles.